The van der Waals surface area contributed by atoms with Gasteiger partial charge in [-0.2, -0.15) is 20.1 Å². The third kappa shape index (κ3) is 6.11. The SMILES string of the molecule is CCO[C@H]1CN(C)C(=O)[C@@H]2C[C@@H](CN2c2nc(N3C4=C[C@@H]3C(=O)N(C3CC3)C4)nc3c2cnn3-c2ccc(F)cc2O)Oc2nccc(n2)-c2cc(F)cc3nc(C)n(c23)C1. The highest BCUT2D eigenvalue weighted by Crippen LogP contribution is 2.42. The van der Waals surface area contributed by atoms with Crippen LogP contribution in [-0.4, -0.2) is 130 Å². The van der Waals surface area contributed by atoms with Crippen LogP contribution in [0.2, 0.25) is 0 Å². The molecule has 312 valence electrons. The molecule has 6 aromatic rings. The molecule has 0 unspecified atom stereocenters. The van der Waals surface area contributed by atoms with E-state index in [0.717, 1.165) is 24.6 Å². The highest BCUT2D eigenvalue weighted by Gasteiger charge is 2.50. The maximum Gasteiger partial charge on any atom is 0.317 e. The van der Waals surface area contributed by atoms with E-state index in [2.05, 4.69) is 15.1 Å². The van der Waals surface area contributed by atoms with Crippen LogP contribution in [-0.2, 0) is 20.9 Å². The fraction of sp³-hybridized carbons (Fsp3) is 0.381. The summed E-state index contributed by atoms with van der Waals surface area (Å²) in [7, 11) is 1.73. The Morgan fingerprint density at radius 3 is 2.61 bits per heavy atom. The molecule has 1 N–H and O–H groups in total. The second-order valence-corrected chi connectivity index (χ2v) is 16.2. The van der Waals surface area contributed by atoms with Gasteiger partial charge in [-0.3, -0.25) is 14.5 Å². The highest BCUT2D eigenvalue weighted by molar-refractivity contribution is 5.97. The summed E-state index contributed by atoms with van der Waals surface area (Å²) < 4.78 is 45.5. The Labute approximate surface area is 346 Å². The van der Waals surface area contributed by atoms with Gasteiger partial charge in [-0.25, -0.2) is 23.4 Å². The van der Waals surface area contributed by atoms with E-state index in [4.69, 9.17) is 24.4 Å². The number of rotatable bonds is 6. The summed E-state index contributed by atoms with van der Waals surface area (Å²) in [4.78, 5) is 59.7. The van der Waals surface area contributed by atoms with Crippen molar-refractivity contribution in [2.45, 2.75) is 70.0 Å². The Hall–Kier alpha value is -6.76. The van der Waals surface area contributed by atoms with E-state index in [-0.39, 0.29) is 66.4 Å². The van der Waals surface area contributed by atoms with Crippen molar-refractivity contribution >= 4 is 45.6 Å². The van der Waals surface area contributed by atoms with Gasteiger partial charge in [0.2, 0.25) is 17.8 Å². The molecule has 0 radical (unpaired) electrons. The summed E-state index contributed by atoms with van der Waals surface area (Å²) in [6.07, 6.45) is 6.06. The van der Waals surface area contributed by atoms with Crippen molar-refractivity contribution in [2.24, 2.45) is 0 Å². The topological polar surface area (TPSA) is 173 Å². The van der Waals surface area contributed by atoms with Crippen LogP contribution in [0.1, 0.15) is 32.0 Å². The Bertz CT molecular complexity index is 2840. The van der Waals surface area contributed by atoms with Gasteiger partial charge in [0, 0.05) is 62.3 Å². The summed E-state index contributed by atoms with van der Waals surface area (Å²) in [5.74, 6) is -0.515. The van der Waals surface area contributed by atoms with Gasteiger partial charge < -0.3 is 33.8 Å². The molecular formula is C42H40F2N12O5. The number of hydrogen-bond acceptors (Lipinski definition) is 13. The van der Waals surface area contributed by atoms with Gasteiger partial charge in [-0.15, -0.1) is 0 Å². The molecule has 61 heavy (non-hydrogen) atoms. The number of fused-ring (bicyclic) bond motifs is 8. The van der Waals surface area contributed by atoms with Gasteiger partial charge in [0.15, 0.2) is 5.65 Å². The van der Waals surface area contributed by atoms with E-state index in [1.807, 2.05) is 34.3 Å². The molecule has 9 heterocycles. The van der Waals surface area contributed by atoms with Crippen LogP contribution in [0.15, 0.2) is 60.6 Å². The number of hydrogen-bond donors (Lipinski definition) is 1. The van der Waals surface area contributed by atoms with E-state index in [0.29, 0.717) is 59.0 Å². The molecule has 0 spiro atoms. The fourth-order valence-electron chi connectivity index (χ4n) is 9.24. The lowest BCUT2D eigenvalue weighted by Gasteiger charge is -2.48. The Balaban J connectivity index is 1.04. The number of aromatic nitrogens is 8. The fourth-order valence-corrected chi connectivity index (χ4v) is 9.24. The number of likely N-dealkylation sites (N-methyl/N-ethyl adjacent to an activating group) is 1. The van der Waals surface area contributed by atoms with Gasteiger partial charge in [0.05, 0.1) is 54.0 Å². The van der Waals surface area contributed by atoms with Gasteiger partial charge >= 0.3 is 6.01 Å². The number of aromatic hydroxyl groups is 1. The number of carbonyl (C=O) groups is 2. The number of carbonyl (C=O) groups excluding carboxylic acids is 2. The second kappa shape index (κ2) is 13.9. The molecule has 4 aromatic heterocycles. The van der Waals surface area contributed by atoms with Crippen LogP contribution in [0.25, 0.3) is 39.0 Å². The summed E-state index contributed by atoms with van der Waals surface area (Å²) in [5, 5.41) is 15.9. The molecule has 2 amide bonds. The van der Waals surface area contributed by atoms with Crippen LogP contribution >= 0.6 is 0 Å². The van der Waals surface area contributed by atoms with Gasteiger partial charge in [-0.05, 0) is 57.0 Å². The van der Waals surface area contributed by atoms with Crippen molar-refractivity contribution in [2.75, 3.05) is 43.1 Å². The lowest BCUT2D eigenvalue weighted by atomic mass is 9.98. The smallest absolute Gasteiger partial charge is 0.317 e. The first-order valence-electron chi connectivity index (χ1n) is 20.4. The number of anilines is 2. The van der Waals surface area contributed by atoms with Crippen LogP contribution in [0, 0.1) is 18.6 Å². The molecule has 6 aliphatic rings. The van der Waals surface area contributed by atoms with E-state index < -0.39 is 35.9 Å². The molecule has 17 nitrogen and oxygen atoms in total. The minimum atomic E-state index is -0.825. The van der Waals surface area contributed by atoms with Gasteiger partial charge in [0.25, 0.3) is 0 Å². The lowest BCUT2D eigenvalue weighted by molar-refractivity contribution is -0.134. The highest BCUT2D eigenvalue weighted by atomic mass is 19.1. The number of phenols is 1. The zero-order valence-electron chi connectivity index (χ0n) is 33.4. The van der Waals surface area contributed by atoms with Crippen LogP contribution in [0.3, 0.4) is 0 Å². The first-order chi connectivity index (χ1) is 29.5. The van der Waals surface area contributed by atoms with E-state index >= 15 is 4.39 Å². The minimum Gasteiger partial charge on any atom is -0.506 e. The predicted molar refractivity (Wildman–Crippen MR) is 216 cm³/mol. The minimum absolute atomic E-state index is 0.0343. The second-order valence-electron chi connectivity index (χ2n) is 16.2. The molecule has 2 aromatic carbocycles. The number of aryl methyl sites for hydroxylation is 1. The average molecular weight is 831 g/mol. The molecule has 6 bridgehead atoms. The van der Waals surface area contributed by atoms with Crippen LogP contribution in [0.5, 0.6) is 11.8 Å². The van der Waals surface area contributed by atoms with Crippen molar-refractivity contribution in [3.05, 3.63) is 78.0 Å². The summed E-state index contributed by atoms with van der Waals surface area (Å²) in [5.41, 5.74) is 3.39. The third-order valence-electron chi connectivity index (χ3n) is 12.2. The number of nitrogens with zero attached hydrogens (tertiary/aromatic N) is 12. The Morgan fingerprint density at radius 1 is 0.967 bits per heavy atom. The molecule has 3 fully saturated rings. The number of amides is 2. The number of ether oxygens (including phenoxy) is 2. The Morgan fingerprint density at radius 2 is 1.82 bits per heavy atom. The summed E-state index contributed by atoms with van der Waals surface area (Å²) in [6.45, 7) is 5.21. The van der Waals surface area contributed by atoms with Crippen molar-refractivity contribution < 1.29 is 33.0 Å². The maximum absolute atomic E-state index is 15.2. The van der Waals surface area contributed by atoms with Crippen molar-refractivity contribution in [1.82, 2.24) is 49.1 Å². The number of piperazine rings is 1. The quantitative estimate of drug-likeness (QED) is 0.257. The molecule has 19 heteroatoms. The number of halogens is 2. The van der Waals surface area contributed by atoms with Crippen molar-refractivity contribution in [1.29, 1.82) is 0 Å². The van der Waals surface area contributed by atoms with Crippen molar-refractivity contribution in [3.63, 3.8) is 0 Å². The summed E-state index contributed by atoms with van der Waals surface area (Å²) >= 11 is 0. The first kappa shape index (κ1) is 37.3. The average Bonchev–Trinajstić information content (AvgIpc) is 3.74. The van der Waals surface area contributed by atoms with Crippen molar-refractivity contribution in [3.8, 4) is 28.7 Å². The zero-order chi connectivity index (χ0) is 41.8. The standard InChI is InChI=1S/C42H40F2N12O5/c1-4-60-27-18-51(3)39(58)33-15-26(61-42-45-10-9-30(48-42)28-11-23(44)12-31-36(28)52(20-27)21(2)47-31)19-54(33)37-29-16-46-56(32-8-5-22(43)13-35(32)57)38(29)50-41(49-37)55-25-14-34(55)40(59)53(17-25)24-6-7-24/h5,8-14,16,24,26-27,33-34,57H,4,6-7,15,17-20H2,1-3H3/t26-,27-,33-,34+/m0/s1. The predicted octanol–water partition coefficient (Wildman–Crippen LogP) is 3.89. The Kier molecular flexibility index (Phi) is 8.49. The first-order valence-corrected chi connectivity index (χ1v) is 20.4. The zero-order valence-corrected chi connectivity index (χ0v) is 33.4. The number of imidazole rings is 1. The molecule has 12 rings (SSSR count). The molecule has 5 aliphatic heterocycles. The van der Waals surface area contributed by atoms with Crippen LogP contribution in [0.4, 0.5) is 20.5 Å². The molecule has 4 atom stereocenters. The van der Waals surface area contributed by atoms with Crippen LogP contribution < -0.4 is 14.5 Å². The van der Waals surface area contributed by atoms with Gasteiger partial charge in [0.1, 0.15) is 52.9 Å². The van der Waals surface area contributed by atoms with E-state index in [9.17, 15) is 19.1 Å². The van der Waals surface area contributed by atoms with E-state index in [1.165, 1.54) is 28.9 Å². The number of phenolic OH excluding ortho intramolecular Hbond substituents is 1. The lowest BCUT2D eigenvalue weighted by Crippen LogP contribution is -2.62. The molecule has 2 saturated heterocycles. The number of benzene rings is 2. The largest absolute Gasteiger partial charge is 0.506 e. The van der Waals surface area contributed by atoms with Gasteiger partial charge in [-0.1, -0.05) is 0 Å². The monoisotopic (exact) mass is 830 g/mol. The normalized spacial score (nSPS) is 22.7. The molecular weight excluding hydrogens is 791 g/mol. The molecule has 1 saturated carbocycles. The van der Waals surface area contributed by atoms with E-state index in [1.54, 1.807) is 35.3 Å². The summed E-state index contributed by atoms with van der Waals surface area (Å²) in [6, 6.07) is 6.95. The maximum atomic E-state index is 15.2. The third-order valence-corrected chi connectivity index (χ3v) is 12.2. The molecule has 1 aliphatic carbocycles.